The second-order valence-electron chi connectivity index (χ2n) is 6.99. The number of carbonyl (C=O) groups is 1. The van der Waals surface area contributed by atoms with Gasteiger partial charge in [-0.1, -0.05) is 47.2 Å². The molecule has 0 spiro atoms. The molecule has 5 nitrogen and oxygen atoms in total. The van der Waals surface area contributed by atoms with Crippen LogP contribution in [0.5, 0.6) is 0 Å². The van der Waals surface area contributed by atoms with Gasteiger partial charge in [0, 0.05) is 30.7 Å². The van der Waals surface area contributed by atoms with Crippen molar-refractivity contribution in [3.8, 4) is 0 Å². The molecule has 0 saturated carbocycles. The van der Waals surface area contributed by atoms with E-state index in [1.54, 1.807) is 11.3 Å². The zero-order valence-corrected chi connectivity index (χ0v) is 17.2. The van der Waals surface area contributed by atoms with E-state index in [0.717, 1.165) is 52.0 Å². The van der Waals surface area contributed by atoms with E-state index in [1.165, 1.54) is 12.7 Å². The number of halogens is 1. The monoisotopic (exact) mass is 415 g/mol. The zero-order chi connectivity index (χ0) is 19.5. The number of nitrogens with one attached hydrogen (secondary N) is 1. The first-order valence-corrected chi connectivity index (χ1v) is 10.5. The molecule has 3 aromatic rings. The molecule has 1 aliphatic heterocycles. The van der Waals surface area contributed by atoms with Gasteiger partial charge in [-0.2, -0.15) is 0 Å². The summed E-state index contributed by atoms with van der Waals surface area (Å²) >= 11 is 7.78. The van der Waals surface area contributed by atoms with E-state index in [-0.39, 0.29) is 5.97 Å². The van der Waals surface area contributed by atoms with Gasteiger partial charge in [-0.3, -0.25) is 4.79 Å². The summed E-state index contributed by atoms with van der Waals surface area (Å²) in [5, 5.41) is 5.44. The molecule has 146 valence electrons. The smallest absolute Gasteiger partial charge is 0.309 e. The molecular weight excluding hydrogens is 394 g/mol. The zero-order valence-electron chi connectivity index (χ0n) is 15.7. The van der Waals surface area contributed by atoms with Crippen LogP contribution in [-0.2, 0) is 22.5 Å². The Labute approximate surface area is 173 Å². The standard InChI is InChI=1S/C21H22ClN3O2S/c1-27-20(26)10-14-3-2-4-15(9-14)12-23-17-7-8-25(13-17)21-24-18-6-5-16(22)11-19(18)28-21/h2-6,9,11,17,23H,7-8,10,12-13H2,1H3. The maximum atomic E-state index is 11.5. The van der Waals surface area contributed by atoms with E-state index in [1.807, 2.05) is 30.3 Å². The number of methoxy groups -OCH3 is 1. The van der Waals surface area contributed by atoms with Crippen LogP contribution in [0.2, 0.25) is 5.02 Å². The number of ether oxygens (including phenoxy) is 1. The third-order valence-electron chi connectivity index (χ3n) is 4.96. The Kier molecular flexibility index (Phi) is 5.80. The van der Waals surface area contributed by atoms with Crippen molar-refractivity contribution in [2.24, 2.45) is 0 Å². The second kappa shape index (κ2) is 8.47. The van der Waals surface area contributed by atoms with E-state index in [2.05, 4.69) is 22.3 Å². The first-order chi connectivity index (χ1) is 13.6. The van der Waals surface area contributed by atoms with E-state index in [9.17, 15) is 4.79 Å². The Bertz CT molecular complexity index is 991. The van der Waals surface area contributed by atoms with Gasteiger partial charge in [0.25, 0.3) is 0 Å². The summed E-state index contributed by atoms with van der Waals surface area (Å²) in [5.74, 6) is -0.214. The fourth-order valence-electron chi connectivity index (χ4n) is 3.47. The molecule has 28 heavy (non-hydrogen) atoms. The van der Waals surface area contributed by atoms with Crippen molar-refractivity contribution in [3.63, 3.8) is 0 Å². The quantitative estimate of drug-likeness (QED) is 0.616. The van der Waals surface area contributed by atoms with Gasteiger partial charge in [-0.25, -0.2) is 4.98 Å². The van der Waals surface area contributed by atoms with Crippen LogP contribution in [0.15, 0.2) is 42.5 Å². The molecule has 4 rings (SSSR count). The molecule has 0 radical (unpaired) electrons. The van der Waals surface area contributed by atoms with E-state index >= 15 is 0 Å². The van der Waals surface area contributed by atoms with Gasteiger partial charge in [0.05, 0.1) is 23.7 Å². The van der Waals surface area contributed by atoms with Gasteiger partial charge in [-0.15, -0.1) is 0 Å². The van der Waals surface area contributed by atoms with E-state index < -0.39 is 0 Å². The summed E-state index contributed by atoms with van der Waals surface area (Å²) in [5.41, 5.74) is 3.16. The Morgan fingerprint density at radius 3 is 3.04 bits per heavy atom. The van der Waals surface area contributed by atoms with Gasteiger partial charge in [0.15, 0.2) is 5.13 Å². The minimum Gasteiger partial charge on any atom is -0.469 e. The van der Waals surface area contributed by atoms with Crippen LogP contribution in [-0.4, -0.2) is 37.2 Å². The van der Waals surface area contributed by atoms with Crippen LogP contribution in [0.4, 0.5) is 5.13 Å². The highest BCUT2D eigenvalue weighted by atomic mass is 35.5. The van der Waals surface area contributed by atoms with Crippen LogP contribution in [0.25, 0.3) is 10.2 Å². The number of fused-ring (bicyclic) bond motifs is 1. The normalized spacial score (nSPS) is 16.6. The molecular formula is C21H22ClN3O2S. The third kappa shape index (κ3) is 4.46. The molecule has 1 saturated heterocycles. The molecule has 2 aromatic carbocycles. The summed E-state index contributed by atoms with van der Waals surface area (Å²) in [7, 11) is 1.42. The highest BCUT2D eigenvalue weighted by molar-refractivity contribution is 7.22. The van der Waals surface area contributed by atoms with Gasteiger partial charge in [0.2, 0.25) is 0 Å². The number of nitrogens with zero attached hydrogens (tertiary/aromatic N) is 2. The minimum absolute atomic E-state index is 0.214. The fourth-order valence-corrected chi connectivity index (χ4v) is 4.75. The van der Waals surface area contributed by atoms with Crippen LogP contribution < -0.4 is 10.2 Å². The van der Waals surface area contributed by atoms with E-state index in [0.29, 0.717) is 12.5 Å². The summed E-state index contributed by atoms with van der Waals surface area (Å²) in [6, 6.07) is 14.3. The van der Waals surface area contributed by atoms with Crippen molar-refractivity contribution in [1.82, 2.24) is 10.3 Å². The topological polar surface area (TPSA) is 54.5 Å². The predicted octanol–water partition coefficient (Wildman–Crippen LogP) is 4.03. The average Bonchev–Trinajstić information content (AvgIpc) is 3.33. The number of benzene rings is 2. The molecule has 1 fully saturated rings. The Morgan fingerprint density at radius 1 is 1.32 bits per heavy atom. The van der Waals surface area contributed by atoms with Crippen LogP contribution >= 0.6 is 22.9 Å². The predicted molar refractivity (Wildman–Crippen MR) is 114 cm³/mol. The molecule has 1 aromatic heterocycles. The Balaban J connectivity index is 1.34. The van der Waals surface area contributed by atoms with Crippen LogP contribution in [0.1, 0.15) is 17.5 Å². The molecule has 0 amide bonds. The molecule has 1 N–H and O–H groups in total. The second-order valence-corrected chi connectivity index (χ2v) is 8.44. The number of hydrogen-bond acceptors (Lipinski definition) is 6. The summed E-state index contributed by atoms with van der Waals surface area (Å²) in [6.45, 7) is 2.71. The lowest BCUT2D eigenvalue weighted by Gasteiger charge is -2.16. The largest absolute Gasteiger partial charge is 0.469 e. The number of esters is 1. The molecule has 0 bridgehead atoms. The van der Waals surface area contributed by atoms with Gasteiger partial charge in [-0.05, 0) is 35.7 Å². The van der Waals surface area contributed by atoms with Crippen LogP contribution in [0.3, 0.4) is 0 Å². The molecule has 1 atom stereocenters. The van der Waals surface area contributed by atoms with Crippen molar-refractivity contribution in [1.29, 1.82) is 0 Å². The van der Waals surface area contributed by atoms with Crippen molar-refractivity contribution in [2.45, 2.75) is 25.4 Å². The van der Waals surface area contributed by atoms with Crippen molar-refractivity contribution in [2.75, 3.05) is 25.1 Å². The van der Waals surface area contributed by atoms with Crippen molar-refractivity contribution < 1.29 is 9.53 Å². The summed E-state index contributed by atoms with van der Waals surface area (Å²) in [4.78, 5) is 18.5. The van der Waals surface area contributed by atoms with Gasteiger partial charge in [0.1, 0.15) is 0 Å². The van der Waals surface area contributed by atoms with Gasteiger partial charge < -0.3 is 15.0 Å². The lowest BCUT2D eigenvalue weighted by molar-refractivity contribution is -0.139. The maximum Gasteiger partial charge on any atom is 0.309 e. The number of hydrogen-bond donors (Lipinski definition) is 1. The number of carbonyl (C=O) groups excluding carboxylic acids is 1. The number of thiazole rings is 1. The van der Waals surface area contributed by atoms with E-state index in [4.69, 9.17) is 21.3 Å². The number of aromatic nitrogens is 1. The molecule has 2 heterocycles. The Hall–Kier alpha value is -2.15. The lowest BCUT2D eigenvalue weighted by Crippen LogP contribution is -2.32. The van der Waals surface area contributed by atoms with Crippen molar-refractivity contribution >= 4 is 44.3 Å². The van der Waals surface area contributed by atoms with Gasteiger partial charge >= 0.3 is 5.97 Å². The lowest BCUT2D eigenvalue weighted by atomic mass is 10.1. The molecule has 1 unspecified atom stereocenters. The highest BCUT2D eigenvalue weighted by Crippen LogP contribution is 2.32. The molecule has 7 heteroatoms. The number of rotatable bonds is 6. The SMILES string of the molecule is COC(=O)Cc1cccc(CNC2CCN(c3nc4ccc(Cl)cc4s3)C2)c1. The first kappa shape index (κ1) is 19.2. The average molecular weight is 416 g/mol. The summed E-state index contributed by atoms with van der Waals surface area (Å²) in [6.07, 6.45) is 1.39. The fraction of sp³-hybridized carbons (Fsp3) is 0.333. The maximum absolute atomic E-state index is 11.5. The Morgan fingerprint density at radius 2 is 2.18 bits per heavy atom. The minimum atomic E-state index is -0.214. The molecule has 0 aliphatic carbocycles. The third-order valence-corrected chi connectivity index (χ3v) is 6.27. The highest BCUT2D eigenvalue weighted by Gasteiger charge is 2.24. The van der Waals surface area contributed by atoms with Crippen LogP contribution in [0, 0.1) is 0 Å². The summed E-state index contributed by atoms with van der Waals surface area (Å²) < 4.78 is 5.87. The first-order valence-electron chi connectivity index (χ1n) is 9.30. The molecule has 1 aliphatic rings. The van der Waals surface area contributed by atoms with Crippen molar-refractivity contribution in [3.05, 3.63) is 58.6 Å². The number of anilines is 1.